The number of aryl methyl sites for hydroxylation is 1. The largest absolute Gasteiger partial charge is 0.416 e. The van der Waals surface area contributed by atoms with E-state index in [4.69, 9.17) is 4.74 Å². The second-order valence-corrected chi connectivity index (χ2v) is 8.55. The van der Waals surface area contributed by atoms with Crippen LogP contribution in [0.4, 0.5) is 24.5 Å². The SMILES string of the molecule is Cc1cc(/C=C2/C(=O)Nc3cc(C(F)(F)F)ccc32)c(C)n1-c1ccc(N2CCOCC2)cc1. The van der Waals surface area contributed by atoms with Gasteiger partial charge in [-0.2, -0.15) is 13.2 Å². The lowest BCUT2D eigenvalue weighted by Crippen LogP contribution is -2.36. The Kier molecular flexibility index (Phi) is 5.48. The molecule has 0 spiro atoms. The van der Waals surface area contributed by atoms with E-state index in [1.54, 1.807) is 6.08 Å². The molecule has 1 fully saturated rings. The molecule has 176 valence electrons. The van der Waals surface area contributed by atoms with Gasteiger partial charge < -0.3 is 19.5 Å². The molecule has 0 aliphatic carbocycles. The molecular formula is C26H24F3N3O2. The minimum absolute atomic E-state index is 0.179. The molecule has 2 aliphatic rings. The van der Waals surface area contributed by atoms with Crippen LogP contribution in [0.5, 0.6) is 0 Å². The zero-order valence-electron chi connectivity index (χ0n) is 18.9. The molecule has 8 heteroatoms. The molecule has 0 bridgehead atoms. The average molecular weight is 467 g/mol. The van der Waals surface area contributed by atoms with Gasteiger partial charge in [-0.1, -0.05) is 6.07 Å². The number of carbonyl (C=O) groups is 1. The fraction of sp³-hybridized carbons (Fsp3) is 0.269. The number of amides is 1. The van der Waals surface area contributed by atoms with E-state index in [1.165, 1.54) is 6.07 Å². The Hall–Kier alpha value is -3.52. The first kappa shape index (κ1) is 22.3. The first-order chi connectivity index (χ1) is 16.2. The monoisotopic (exact) mass is 467 g/mol. The number of nitrogens with one attached hydrogen (secondary N) is 1. The lowest BCUT2D eigenvalue weighted by Gasteiger charge is -2.29. The van der Waals surface area contributed by atoms with Crippen LogP contribution in [0.2, 0.25) is 0 Å². The lowest BCUT2D eigenvalue weighted by molar-refractivity contribution is -0.137. The number of benzene rings is 2. The lowest BCUT2D eigenvalue weighted by atomic mass is 10.0. The molecule has 1 N–H and O–H groups in total. The predicted octanol–water partition coefficient (Wildman–Crippen LogP) is 5.44. The summed E-state index contributed by atoms with van der Waals surface area (Å²) in [5.74, 6) is -0.408. The fourth-order valence-electron chi connectivity index (χ4n) is 4.63. The maximum absolute atomic E-state index is 13.1. The predicted molar refractivity (Wildman–Crippen MR) is 126 cm³/mol. The van der Waals surface area contributed by atoms with Crippen LogP contribution in [0.15, 0.2) is 48.5 Å². The summed E-state index contributed by atoms with van der Waals surface area (Å²) in [6.45, 7) is 7.14. The van der Waals surface area contributed by atoms with E-state index in [2.05, 4.69) is 39.0 Å². The number of carbonyl (C=O) groups excluding carboxylic acids is 1. The average Bonchev–Trinajstić information content (AvgIpc) is 3.28. The maximum atomic E-state index is 13.1. The van der Waals surface area contributed by atoms with Gasteiger partial charge in [-0.15, -0.1) is 0 Å². The van der Waals surface area contributed by atoms with Gasteiger partial charge in [0.25, 0.3) is 5.91 Å². The van der Waals surface area contributed by atoms with Gasteiger partial charge in [-0.3, -0.25) is 4.79 Å². The number of fused-ring (bicyclic) bond motifs is 1. The molecule has 0 unspecified atom stereocenters. The number of hydrogen-bond acceptors (Lipinski definition) is 3. The van der Waals surface area contributed by atoms with Crippen molar-refractivity contribution in [1.82, 2.24) is 4.57 Å². The molecule has 5 rings (SSSR count). The molecule has 3 aromatic rings. The summed E-state index contributed by atoms with van der Waals surface area (Å²) in [7, 11) is 0. The second kappa shape index (κ2) is 8.36. The standard InChI is InChI=1S/C26H24F3N3O2/c1-16-13-18(14-23-22-8-3-19(26(27,28)29)15-24(22)30-25(23)33)17(2)32(16)21-6-4-20(5-7-21)31-9-11-34-12-10-31/h3-8,13-15H,9-12H2,1-2H3,(H,30,33)/b23-14+. The third-order valence-corrected chi connectivity index (χ3v) is 6.38. The van der Waals surface area contributed by atoms with E-state index in [0.29, 0.717) is 11.1 Å². The van der Waals surface area contributed by atoms with Crippen LogP contribution in [0.3, 0.4) is 0 Å². The van der Waals surface area contributed by atoms with Gasteiger partial charge in [-0.05, 0) is 68.0 Å². The van der Waals surface area contributed by atoms with Crippen LogP contribution >= 0.6 is 0 Å². The van der Waals surface area contributed by atoms with Crippen LogP contribution in [0.1, 0.15) is 28.1 Å². The number of ether oxygens (including phenoxy) is 1. The molecular weight excluding hydrogens is 443 g/mol. The van der Waals surface area contributed by atoms with Crippen molar-refractivity contribution in [3.63, 3.8) is 0 Å². The molecule has 3 heterocycles. The highest BCUT2D eigenvalue weighted by Gasteiger charge is 2.33. The summed E-state index contributed by atoms with van der Waals surface area (Å²) in [4.78, 5) is 14.9. The van der Waals surface area contributed by atoms with Crippen molar-refractivity contribution >= 4 is 28.9 Å². The Morgan fingerprint density at radius 3 is 2.32 bits per heavy atom. The van der Waals surface area contributed by atoms with Crippen molar-refractivity contribution in [3.05, 3.63) is 76.6 Å². The van der Waals surface area contributed by atoms with E-state index < -0.39 is 17.6 Å². The normalized spacial score (nSPS) is 17.3. The Morgan fingerprint density at radius 1 is 0.971 bits per heavy atom. The highest BCUT2D eigenvalue weighted by Crippen LogP contribution is 2.39. The Bertz CT molecular complexity index is 1280. The summed E-state index contributed by atoms with van der Waals surface area (Å²) in [6.07, 6.45) is -2.72. The van der Waals surface area contributed by atoms with Crippen LogP contribution in [-0.4, -0.2) is 36.8 Å². The van der Waals surface area contributed by atoms with E-state index in [0.717, 1.165) is 66.8 Å². The number of nitrogens with zero attached hydrogens (tertiary/aromatic N) is 2. The van der Waals surface area contributed by atoms with Gasteiger partial charge in [0.15, 0.2) is 0 Å². The fourth-order valence-corrected chi connectivity index (χ4v) is 4.63. The van der Waals surface area contributed by atoms with Crippen molar-refractivity contribution in [1.29, 1.82) is 0 Å². The zero-order chi connectivity index (χ0) is 24.0. The van der Waals surface area contributed by atoms with Crippen molar-refractivity contribution in [3.8, 4) is 5.69 Å². The van der Waals surface area contributed by atoms with Crippen LogP contribution in [0, 0.1) is 13.8 Å². The number of rotatable bonds is 3. The van der Waals surface area contributed by atoms with Gasteiger partial charge in [-0.25, -0.2) is 0 Å². The molecule has 1 saturated heterocycles. The van der Waals surface area contributed by atoms with Gasteiger partial charge in [0.1, 0.15) is 0 Å². The molecule has 1 aromatic heterocycles. The maximum Gasteiger partial charge on any atom is 0.416 e. The van der Waals surface area contributed by atoms with Crippen LogP contribution < -0.4 is 10.2 Å². The minimum atomic E-state index is -4.46. The van der Waals surface area contributed by atoms with Crippen molar-refractivity contribution in [2.45, 2.75) is 20.0 Å². The van der Waals surface area contributed by atoms with E-state index in [1.807, 2.05) is 19.9 Å². The third kappa shape index (κ3) is 3.98. The molecule has 0 radical (unpaired) electrons. The first-order valence-electron chi connectivity index (χ1n) is 11.1. The van der Waals surface area contributed by atoms with E-state index >= 15 is 0 Å². The molecule has 5 nitrogen and oxygen atoms in total. The van der Waals surface area contributed by atoms with Gasteiger partial charge >= 0.3 is 6.18 Å². The number of aromatic nitrogens is 1. The summed E-state index contributed by atoms with van der Waals surface area (Å²) in [5, 5.41) is 2.56. The Labute approximate surface area is 195 Å². The van der Waals surface area contributed by atoms with Crippen LogP contribution in [0.25, 0.3) is 17.3 Å². The zero-order valence-corrected chi connectivity index (χ0v) is 18.9. The smallest absolute Gasteiger partial charge is 0.378 e. The highest BCUT2D eigenvalue weighted by molar-refractivity contribution is 6.35. The molecule has 1 amide bonds. The Morgan fingerprint density at radius 2 is 1.65 bits per heavy atom. The van der Waals surface area contributed by atoms with Crippen molar-refractivity contribution in [2.75, 3.05) is 36.5 Å². The topological polar surface area (TPSA) is 46.5 Å². The number of alkyl halides is 3. The van der Waals surface area contributed by atoms with Crippen molar-refractivity contribution in [2.24, 2.45) is 0 Å². The summed E-state index contributed by atoms with van der Waals surface area (Å²) >= 11 is 0. The quantitative estimate of drug-likeness (QED) is 0.522. The van der Waals surface area contributed by atoms with Gasteiger partial charge in [0, 0.05) is 52.7 Å². The first-order valence-corrected chi connectivity index (χ1v) is 11.1. The van der Waals surface area contributed by atoms with Crippen LogP contribution in [-0.2, 0) is 15.7 Å². The van der Waals surface area contributed by atoms with Crippen molar-refractivity contribution < 1.29 is 22.7 Å². The number of hydrogen-bond donors (Lipinski definition) is 1. The molecule has 2 aliphatic heterocycles. The minimum Gasteiger partial charge on any atom is -0.378 e. The Balaban J connectivity index is 1.47. The van der Waals surface area contributed by atoms with Gasteiger partial charge in [0.2, 0.25) is 0 Å². The summed E-state index contributed by atoms with van der Waals surface area (Å²) < 4.78 is 46.7. The molecule has 0 atom stereocenters. The summed E-state index contributed by atoms with van der Waals surface area (Å²) in [6, 6.07) is 13.6. The highest BCUT2D eigenvalue weighted by atomic mass is 19.4. The second-order valence-electron chi connectivity index (χ2n) is 8.55. The molecule has 0 saturated carbocycles. The number of anilines is 2. The van der Waals surface area contributed by atoms with E-state index in [-0.39, 0.29) is 5.69 Å². The molecule has 34 heavy (non-hydrogen) atoms. The molecule has 2 aromatic carbocycles. The van der Waals surface area contributed by atoms with Gasteiger partial charge in [0.05, 0.1) is 18.8 Å². The number of halogens is 3. The van der Waals surface area contributed by atoms with E-state index in [9.17, 15) is 18.0 Å². The summed E-state index contributed by atoms with van der Waals surface area (Å²) in [5.41, 5.74) is 5.14. The number of morpholine rings is 1. The third-order valence-electron chi connectivity index (χ3n) is 6.38.